The molecule has 1 fully saturated rings. The number of carbonyl (C=O) groups is 1. The van der Waals surface area contributed by atoms with Gasteiger partial charge in [-0.3, -0.25) is 4.79 Å². The number of fused-ring (bicyclic) bond motifs is 1. The third kappa shape index (κ3) is 4.99. The normalized spacial score (nSPS) is 15.1. The molecular formula is C21H21ClN2O2S2. The highest BCUT2D eigenvalue weighted by molar-refractivity contribution is 7.99. The minimum atomic E-state index is 0.132. The van der Waals surface area contributed by atoms with Crippen molar-refractivity contribution in [1.82, 2.24) is 9.88 Å². The SMILES string of the molecule is O=C(CCSc1ccc(Cl)cc1)N1CCC(Oc2nc3ccccc3s2)CC1. The number of amides is 1. The fraction of sp³-hybridized carbons (Fsp3) is 0.333. The second-order valence-corrected chi connectivity index (χ2v) is 9.30. The Morgan fingerprint density at radius 3 is 2.68 bits per heavy atom. The van der Waals surface area contributed by atoms with Gasteiger partial charge < -0.3 is 9.64 Å². The molecular weight excluding hydrogens is 412 g/mol. The number of thiazole rings is 1. The largest absolute Gasteiger partial charge is 0.467 e. The number of likely N-dealkylation sites (tertiary alicyclic amines) is 1. The van der Waals surface area contributed by atoms with Gasteiger partial charge in [0, 0.05) is 48.0 Å². The topological polar surface area (TPSA) is 42.4 Å². The summed E-state index contributed by atoms with van der Waals surface area (Å²) in [6.07, 6.45) is 2.39. The van der Waals surface area contributed by atoms with Crippen LogP contribution in [0.3, 0.4) is 0 Å². The molecule has 0 radical (unpaired) electrons. The molecule has 7 heteroatoms. The van der Waals surface area contributed by atoms with Gasteiger partial charge in [-0.15, -0.1) is 11.8 Å². The third-order valence-corrected chi connectivity index (χ3v) is 6.93. The highest BCUT2D eigenvalue weighted by Gasteiger charge is 2.24. The first kappa shape index (κ1) is 19.6. The van der Waals surface area contributed by atoms with Gasteiger partial charge in [-0.2, -0.15) is 0 Å². The number of carbonyl (C=O) groups excluding carboxylic acids is 1. The first-order valence-electron chi connectivity index (χ1n) is 9.36. The van der Waals surface area contributed by atoms with Gasteiger partial charge in [0.05, 0.1) is 10.2 Å². The maximum absolute atomic E-state index is 12.5. The number of aromatic nitrogens is 1. The van der Waals surface area contributed by atoms with Gasteiger partial charge >= 0.3 is 0 Å². The summed E-state index contributed by atoms with van der Waals surface area (Å²) in [7, 11) is 0. The fourth-order valence-electron chi connectivity index (χ4n) is 3.21. The van der Waals surface area contributed by atoms with Crippen molar-refractivity contribution in [1.29, 1.82) is 0 Å². The van der Waals surface area contributed by atoms with Crippen LogP contribution in [0, 0.1) is 0 Å². The molecule has 0 unspecified atom stereocenters. The van der Waals surface area contributed by atoms with Gasteiger partial charge in [-0.05, 0) is 36.4 Å². The quantitative estimate of drug-likeness (QED) is 0.482. The molecule has 4 nitrogen and oxygen atoms in total. The summed E-state index contributed by atoms with van der Waals surface area (Å²) in [5, 5.41) is 1.46. The monoisotopic (exact) mass is 432 g/mol. The Balaban J connectivity index is 1.21. The molecule has 1 aliphatic heterocycles. The smallest absolute Gasteiger partial charge is 0.274 e. The Morgan fingerprint density at radius 1 is 1.18 bits per heavy atom. The summed E-state index contributed by atoms with van der Waals surface area (Å²) >= 11 is 9.17. The van der Waals surface area contributed by atoms with E-state index in [1.54, 1.807) is 23.1 Å². The molecule has 0 atom stereocenters. The van der Waals surface area contributed by atoms with E-state index in [1.165, 1.54) is 0 Å². The minimum Gasteiger partial charge on any atom is -0.467 e. The zero-order chi connectivity index (χ0) is 19.3. The average Bonchev–Trinajstić information content (AvgIpc) is 3.12. The van der Waals surface area contributed by atoms with Crippen LogP contribution < -0.4 is 4.74 Å². The van der Waals surface area contributed by atoms with E-state index in [2.05, 4.69) is 11.1 Å². The van der Waals surface area contributed by atoms with Crippen molar-refractivity contribution in [2.45, 2.75) is 30.3 Å². The van der Waals surface area contributed by atoms with E-state index in [0.717, 1.165) is 57.0 Å². The van der Waals surface area contributed by atoms with E-state index in [0.29, 0.717) is 6.42 Å². The summed E-state index contributed by atoms with van der Waals surface area (Å²) in [6.45, 7) is 1.50. The van der Waals surface area contributed by atoms with Gasteiger partial charge in [0.1, 0.15) is 6.10 Å². The van der Waals surface area contributed by atoms with E-state index < -0.39 is 0 Å². The van der Waals surface area contributed by atoms with Crippen molar-refractivity contribution in [3.8, 4) is 5.19 Å². The summed E-state index contributed by atoms with van der Waals surface area (Å²) in [5.41, 5.74) is 0.980. The number of hydrogen-bond acceptors (Lipinski definition) is 5. The molecule has 2 heterocycles. The molecule has 1 amide bonds. The second kappa shape index (κ2) is 9.16. The van der Waals surface area contributed by atoms with E-state index >= 15 is 0 Å². The predicted molar refractivity (Wildman–Crippen MR) is 117 cm³/mol. The number of rotatable bonds is 6. The molecule has 3 aromatic rings. The van der Waals surface area contributed by atoms with Crippen LogP contribution in [0.1, 0.15) is 19.3 Å². The maximum Gasteiger partial charge on any atom is 0.274 e. The lowest BCUT2D eigenvalue weighted by Gasteiger charge is -2.31. The molecule has 1 aliphatic rings. The first-order valence-corrected chi connectivity index (χ1v) is 11.5. The highest BCUT2D eigenvalue weighted by atomic mass is 35.5. The fourth-order valence-corrected chi connectivity index (χ4v) is 5.06. The van der Waals surface area contributed by atoms with Gasteiger partial charge in [-0.1, -0.05) is 35.1 Å². The van der Waals surface area contributed by atoms with E-state index in [9.17, 15) is 4.79 Å². The number of benzene rings is 2. The Morgan fingerprint density at radius 2 is 1.93 bits per heavy atom. The lowest BCUT2D eigenvalue weighted by atomic mass is 10.1. The number of para-hydroxylation sites is 1. The number of halogens is 1. The number of nitrogens with zero attached hydrogens (tertiary/aromatic N) is 2. The van der Waals surface area contributed by atoms with Gasteiger partial charge in [-0.25, -0.2) is 4.98 Å². The molecule has 28 heavy (non-hydrogen) atoms. The second-order valence-electron chi connectivity index (χ2n) is 6.70. The third-order valence-electron chi connectivity index (χ3n) is 4.73. The van der Waals surface area contributed by atoms with Crippen molar-refractivity contribution in [3.63, 3.8) is 0 Å². The Bertz CT molecular complexity index is 904. The van der Waals surface area contributed by atoms with Crippen LogP contribution in [0.15, 0.2) is 53.4 Å². The average molecular weight is 433 g/mol. The van der Waals surface area contributed by atoms with Crippen molar-refractivity contribution < 1.29 is 9.53 Å². The van der Waals surface area contributed by atoms with Crippen molar-refractivity contribution in [3.05, 3.63) is 53.6 Å². The molecule has 1 saturated heterocycles. The summed E-state index contributed by atoms with van der Waals surface area (Å²) in [4.78, 5) is 20.1. The number of thioether (sulfide) groups is 1. The van der Waals surface area contributed by atoms with Crippen LogP contribution in [-0.2, 0) is 4.79 Å². The zero-order valence-electron chi connectivity index (χ0n) is 15.3. The molecule has 0 spiro atoms. The van der Waals surface area contributed by atoms with Gasteiger partial charge in [0.25, 0.3) is 5.19 Å². The van der Waals surface area contributed by atoms with Crippen LogP contribution in [0.4, 0.5) is 0 Å². The lowest BCUT2D eigenvalue weighted by molar-refractivity contribution is -0.132. The number of ether oxygens (including phenoxy) is 1. The highest BCUT2D eigenvalue weighted by Crippen LogP contribution is 2.29. The number of piperidine rings is 1. The number of hydrogen-bond donors (Lipinski definition) is 0. The first-order chi connectivity index (χ1) is 13.7. The zero-order valence-corrected chi connectivity index (χ0v) is 17.7. The molecule has 2 aromatic carbocycles. The molecule has 4 rings (SSSR count). The molecule has 1 aromatic heterocycles. The maximum atomic E-state index is 12.5. The molecule has 0 aliphatic carbocycles. The summed E-state index contributed by atoms with van der Waals surface area (Å²) < 4.78 is 7.21. The molecule has 0 N–H and O–H groups in total. The minimum absolute atomic E-state index is 0.132. The Hall–Kier alpha value is -1.76. The van der Waals surface area contributed by atoms with Crippen LogP contribution in [0.5, 0.6) is 5.19 Å². The summed E-state index contributed by atoms with van der Waals surface area (Å²) in [5.74, 6) is 1.00. The lowest BCUT2D eigenvalue weighted by Crippen LogP contribution is -2.41. The molecule has 146 valence electrons. The van der Waals surface area contributed by atoms with Crippen LogP contribution in [0.25, 0.3) is 10.2 Å². The summed E-state index contributed by atoms with van der Waals surface area (Å²) in [6, 6.07) is 15.8. The van der Waals surface area contributed by atoms with Crippen LogP contribution in [-0.4, -0.2) is 40.7 Å². The van der Waals surface area contributed by atoms with Crippen molar-refractivity contribution in [2.75, 3.05) is 18.8 Å². The van der Waals surface area contributed by atoms with Crippen molar-refractivity contribution in [2.24, 2.45) is 0 Å². The molecule has 0 saturated carbocycles. The van der Waals surface area contributed by atoms with Gasteiger partial charge in [0.15, 0.2) is 0 Å². The van der Waals surface area contributed by atoms with E-state index in [4.69, 9.17) is 16.3 Å². The predicted octanol–water partition coefficient (Wildman–Crippen LogP) is 5.50. The standard InChI is InChI=1S/C21H21ClN2O2S2/c22-15-5-7-17(8-6-15)27-14-11-20(25)24-12-9-16(10-13-24)26-21-23-18-3-1-2-4-19(18)28-21/h1-8,16H,9-14H2. The van der Waals surface area contributed by atoms with E-state index in [1.807, 2.05) is 47.4 Å². The molecule has 0 bridgehead atoms. The Labute approximate surface area is 177 Å². The van der Waals surface area contributed by atoms with E-state index in [-0.39, 0.29) is 12.0 Å². The van der Waals surface area contributed by atoms with Crippen molar-refractivity contribution >= 4 is 50.8 Å². The Kier molecular flexibility index (Phi) is 6.40. The van der Waals surface area contributed by atoms with Crippen LogP contribution >= 0.6 is 34.7 Å². The van der Waals surface area contributed by atoms with Gasteiger partial charge in [0.2, 0.25) is 5.91 Å². The van der Waals surface area contributed by atoms with Crippen LogP contribution in [0.2, 0.25) is 5.02 Å².